The van der Waals surface area contributed by atoms with Crippen LogP contribution in [0.1, 0.15) is 13.8 Å². The number of methoxy groups -OCH3 is 2. The van der Waals surface area contributed by atoms with Crippen molar-refractivity contribution in [1.82, 2.24) is 0 Å². The van der Waals surface area contributed by atoms with Crippen LogP contribution in [0.15, 0.2) is 47.4 Å². The molecular weight excluding hydrogens is 400 g/mol. The molecule has 0 fully saturated rings. The van der Waals surface area contributed by atoms with Gasteiger partial charge in [0, 0.05) is 18.7 Å². The monoisotopic (exact) mass is 422 g/mol. The molecule has 2 aromatic rings. The van der Waals surface area contributed by atoms with Gasteiger partial charge in [0.05, 0.1) is 24.8 Å². The average molecular weight is 422 g/mol. The zero-order valence-corrected chi connectivity index (χ0v) is 17.2. The van der Waals surface area contributed by atoms with Gasteiger partial charge in [0.2, 0.25) is 5.91 Å². The lowest BCUT2D eigenvalue weighted by atomic mass is 10.2. The zero-order chi connectivity index (χ0) is 21.8. The quantitative estimate of drug-likeness (QED) is 0.669. The summed E-state index contributed by atoms with van der Waals surface area (Å²) < 4.78 is 37.9. The van der Waals surface area contributed by atoms with Crippen molar-refractivity contribution in [2.24, 2.45) is 0 Å². The van der Waals surface area contributed by atoms with E-state index in [9.17, 15) is 23.1 Å². The van der Waals surface area contributed by atoms with E-state index in [4.69, 9.17) is 9.47 Å². The highest BCUT2D eigenvalue weighted by molar-refractivity contribution is 7.93. The van der Waals surface area contributed by atoms with Crippen molar-refractivity contribution in [3.63, 3.8) is 0 Å². The molecule has 0 aliphatic rings. The van der Waals surface area contributed by atoms with Crippen molar-refractivity contribution in [3.05, 3.63) is 42.5 Å². The summed E-state index contributed by atoms with van der Waals surface area (Å²) in [4.78, 5) is 22.7. The molecule has 0 aliphatic carbocycles. The van der Waals surface area contributed by atoms with E-state index in [-0.39, 0.29) is 22.2 Å². The Kier molecular flexibility index (Phi) is 6.70. The van der Waals surface area contributed by atoms with Crippen molar-refractivity contribution in [2.45, 2.75) is 24.8 Å². The highest BCUT2D eigenvalue weighted by atomic mass is 32.2. The van der Waals surface area contributed by atoms with E-state index >= 15 is 0 Å². The molecule has 10 heteroatoms. The van der Waals surface area contributed by atoms with E-state index in [2.05, 4.69) is 5.32 Å². The Balaban J connectivity index is 2.64. The summed E-state index contributed by atoms with van der Waals surface area (Å²) in [5.74, 6) is -1.15. The number of carbonyl (C=O) groups excluding carboxylic acids is 1. The minimum absolute atomic E-state index is 0.0210. The SMILES string of the molecule is COc1ccc(OC)c(N(C(C)C(=O)O)S(=O)(=O)c2ccc(NC(C)=O)cc2)c1. The molecule has 0 heterocycles. The molecule has 2 N–H and O–H groups in total. The lowest BCUT2D eigenvalue weighted by molar-refractivity contribution is -0.137. The third-order valence-corrected chi connectivity index (χ3v) is 5.96. The van der Waals surface area contributed by atoms with Gasteiger partial charge in [-0.05, 0) is 43.3 Å². The summed E-state index contributed by atoms with van der Waals surface area (Å²) in [7, 11) is -1.54. The fourth-order valence-electron chi connectivity index (χ4n) is 2.64. The van der Waals surface area contributed by atoms with Gasteiger partial charge in [0.1, 0.15) is 17.5 Å². The van der Waals surface area contributed by atoms with E-state index in [0.29, 0.717) is 11.4 Å². The van der Waals surface area contributed by atoms with Crippen LogP contribution in [0.2, 0.25) is 0 Å². The lowest BCUT2D eigenvalue weighted by Crippen LogP contribution is -2.43. The molecule has 1 atom stereocenters. The van der Waals surface area contributed by atoms with Crippen LogP contribution in [0.3, 0.4) is 0 Å². The van der Waals surface area contributed by atoms with Gasteiger partial charge in [-0.2, -0.15) is 0 Å². The number of carboxylic acid groups (broad SMARTS) is 1. The van der Waals surface area contributed by atoms with E-state index in [1.807, 2.05) is 0 Å². The Bertz CT molecular complexity index is 1000. The van der Waals surface area contributed by atoms with Crippen LogP contribution in [0.25, 0.3) is 0 Å². The lowest BCUT2D eigenvalue weighted by Gasteiger charge is -2.29. The number of nitrogens with one attached hydrogen (secondary N) is 1. The Hall–Kier alpha value is -3.27. The number of hydrogen-bond acceptors (Lipinski definition) is 6. The molecule has 0 aromatic heterocycles. The highest BCUT2D eigenvalue weighted by Gasteiger charge is 2.35. The molecule has 9 nitrogen and oxygen atoms in total. The standard InChI is InChI=1S/C19H22N2O7S/c1-12(19(23)24)21(17-11-15(27-3)7-10-18(17)28-4)29(25,26)16-8-5-14(6-9-16)20-13(2)22/h5-12H,1-4H3,(H,20,22)(H,23,24). The summed E-state index contributed by atoms with van der Waals surface area (Å²) >= 11 is 0. The van der Waals surface area contributed by atoms with Gasteiger partial charge >= 0.3 is 5.97 Å². The fourth-order valence-corrected chi connectivity index (χ4v) is 4.26. The minimum Gasteiger partial charge on any atom is -0.497 e. The summed E-state index contributed by atoms with van der Waals surface area (Å²) in [5, 5.41) is 12.1. The normalized spacial score (nSPS) is 12.0. The number of anilines is 2. The van der Waals surface area contributed by atoms with Gasteiger partial charge in [0.25, 0.3) is 10.0 Å². The number of sulfonamides is 1. The number of nitrogens with zero attached hydrogens (tertiary/aromatic N) is 1. The Morgan fingerprint density at radius 3 is 2.17 bits per heavy atom. The average Bonchev–Trinajstić information content (AvgIpc) is 2.67. The van der Waals surface area contributed by atoms with Crippen molar-refractivity contribution in [1.29, 1.82) is 0 Å². The number of aliphatic carboxylic acids is 1. The molecule has 29 heavy (non-hydrogen) atoms. The second kappa shape index (κ2) is 8.82. The van der Waals surface area contributed by atoms with E-state index in [0.717, 1.165) is 4.31 Å². The molecular formula is C19H22N2O7S. The number of benzene rings is 2. The fraction of sp³-hybridized carbons (Fsp3) is 0.263. The molecule has 0 radical (unpaired) electrons. The molecule has 0 aliphatic heterocycles. The Morgan fingerprint density at radius 1 is 1.07 bits per heavy atom. The van der Waals surface area contributed by atoms with Gasteiger partial charge in [0.15, 0.2) is 0 Å². The zero-order valence-electron chi connectivity index (χ0n) is 16.4. The maximum Gasteiger partial charge on any atom is 0.327 e. The Morgan fingerprint density at radius 2 is 1.69 bits per heavy atom. The van der Waals surface area contributed by atoms with Crippen LogP contribution in [0, 0.1) is 0 Å². The van der Waals surface area contributed by atoms with E-state index < -0.39 is 22.0 Å². The Labute approximate surface area is 168 Å². The van der Waals surface area contributed by atoms with Crippen LogP contribution in [-0.4, -0.2) is 45.7 Å². The number of rotatable bonds is 8. The second-order valence-corrected chi connectivity index (χ2v) is 7.87. The number of carbonyl (C=O) groups is 2. The van der Waals surface area contributed by atoms with Crippen LogP contribution >= 0.6 is 0 Å². The van der Waals surface area contributed by atoms with Crippen LogP contribution in [0.5, 0.6) is 11.5 Å². The maximum absolute atomic E-state index is 13.4. The summed E-state index contributed by atoms with van der Waals surface area (Å²) in [6.07, 6.45) is 0. The van der Waals surface area contributed by atoms with Crippen molar-refractivity contribution in [3.8, 4) is 11.5 Å². The number of amides is 1. The molecule has 0 saturated heterocycles. The third-order valence-electron chi connectivity index (χ3n) is 4.06. The van der Waals surface area contributed by atoms with Gasteiger partial charge in [-0.3, -0.25) is 4.79 Å². The first-order chi connectivity index (χ1) is 13.6. The van der Waals surface area contributed by atoms with Gasteiger partial charge in [-0.25, -0.2) is 17.5 Å². The molecule has 1 amide bonds. The van der Waals surface area contributed by atoms with E-state index in [1.54, 1.807) is 6.07 Å². The van der Waals surface area contributed by atoms with Crippen molar-refractivity contribution in [2.75, 3.05) is 23.8 Å². The number of carboxylic acids is 1. The molecule has 1 unspecified atom stereocenters. The summed E-state index contributed by atoms with van der Waals surface area (Å²) in [6, 6.07) is 8.43. The van der Waals surface area contributed by atoms with Crippen LogP contribution in [-0.2, 0) is 19.6 Å². The van der Waals surface area contributed by atoms with Crippen molar-refractivity contribution >= 4 is 33.3 Å². The first-order valence-corrected chi connectivity index (χ1v) is 9.92. The first kappa shape index (κ1) is 22.0. The van der Waals surface area contributed by atoms with Gasteiger partial charge < -0.3 is 19.9 Å². The van der Waals surface area contributed by atoms with Crippen LogP contribution in [0.4, 0.5) is 11.4 Å². The first-order valence-electron chi connectivity index (χ1n) is 8.48. The summed E-state index contributed by atoms with van der Waals surface area (Å²) in [6.45, 7) is 2.58. The predicted molar refractivity (Wildman–Crippen MR) is 107 cm³/mol. The number of hydrogen-bond donors (Lipinski definition) is 2. The summed E-state index contributed by atoms with van der Waals surface area (Å²) in [5.41, 5.74) is 0.431. The topological polar surface area (TPSA) is 122 Å². The molecule has 2 rings (SSSR count). The molecule has 2 aromatic carbocycles. The predicted octanol–water partition coefficient (Wildman–Crippen LogP) is 2.33. The van der Waals surface area contributed by atoms with Crippen molar-refractivity contribution < 1.29 is 32.6 Å². The highest BCUT2D eigenvalue weighted by Crippen LogP contribution is 2.37. The smallest absolute Gasteiger partial charge is 0.327 e. The largest absolute Gasteiger partial charge is 0.497 e. The second-order valence-electron chi connectivity index (χ2n) is 6.06. The molecule has 0 bridgehead atoms. The number of ether oxygens (including phenoxy) is 2. The van der Waals surface area contributed by atoms with Gasteiger partial charge in [-0.1, -0.05) is 0 Å². The third kappa shape index (κ3) is 4.77. The van der Waals surface area contributed by atoms with Crippen LogP contribution < -0.4 is 19.1 Å². The van der Waals surface area contributed by atoms with E-state index in [1.165, 1.54) is 64.5 Å². The molecule has 0 spiro atoms. The molecule has 156 valence electrons. The van der Waals surface area contributed by atoms with Gasteiger partial charge in [-0.15, -0.1) is 0 Å². The minimum atomic E-state index is -4.30. The molecule has 0 saturated carbocycles. The maximum atomic E-state index is 13.4.